The Bertz CT molecular complexity index is 250. The zero-order valence-corrected chi connectivity index (χ0v) is 12.8. The largest absolute Gasteiger partial charge is 0.316 e. The van der Waals surface area contributed by atoms with Gasteiger partial charge in [0.1, 0.15) is 0 Å². The lowest BCUT2D eigenvalue weighted by Crippen LogP contribution is -2.52. The van der Waals surface area contributed by atoms with Gasteiger partial charge in [0.05, 0.1) is 0 Å². The summed E-state index contributed by atoms with van der Waals surface area (Å²) in [5.41, 5.74) is 0.518. The van der Waals surface area contributed by atoms with E-state index in [1.54, 1.807) is 0 Å². The van der Waals surface area contributed by atoms with Gasteiger partial charge in [-0.3, -0.25) is 4.90 Å². The average Bonchev–Trinajstić information content (AvgIpc) is 2.25. The van der Waals surface area contributed by atoms with Crippen LogP contribution in [0.4, 0.5) is 0 Å². The quantitative estimate of drug-likeness (QED) is 0.771. The maximum Gasteiger partial charge on any atom is 0.0147 e. The van der Waals surface area contributed by atoms with Crippen LogP contribution in [0.15, 0.2) is 0 Å². The molecule has 1 saturated heterocycles. The van der Waals surface area contributed by atoms with Crippen molar-refractivity contribution in [3.05, 3.63) is 0 Å². The van der Waals surface area contributed by atoms with Gasteiger partial charge in [-0.25, -0.2) is 0 Å². The fourth-order valence-electron chi connectivity index (χ4n) is 3.99. The molecule has 0 aromatic heterocycles. The first-order valence-corrected chi connectivity index (χ1v) is 7.94. The molecule has 2 nitrogen and oxygen atoms in total. The molecular weight excluding hydrogens is 220 g/mol. The Morgan fingerprint density at radius 2 is 1.61 bits per heavy atom. The van der Waals surface area contributed by atoms with E-state index < -0.39 is 0 Å². The highest BCUT2D eigenvalue weighted by atomic mass is 15.2. The maximum atomic E-state index is 3.60. The molecule has 0 aromatic rings. The number of nitrogens with zero attached hydrogens (tertiary/aromatic N) is 1. The Morgan fingerprint density at radius 1 is 1.00 bits per heavy atom. The van der Waals surface area contributed by atoms with Gasteiger partial charge in [-0.1, -0.05) is 40.5 Å². The summed E-state index contributed by atoms with van der Waals surface area (Å²) in [7, 11) is 0. The van der Waals surface area contributed by atoms with Gasteiger partial charge in [0.2, 0.25) is 0 Å². The molecular formula is C16H32N2. The van der Waals surface area contributed by atoms with Gasteiger partial charge in [0.15, 0.2) is 0 Å². The number of nitrogens with one attached hydrogen (secondary N) is 1. The van der Waals surface area contributed by atoms with E-state index in [1.807, 2.05) is 0 Å². The molecule has 1 N–H and O–H groups in total. The summed E-state index contributed by atoms with van der Waals surface area (Å²) in [6, 6.07) is 0.814. The first-order chi connectivity index (χ1) is 8.49. The summed E-state index contributed by atoms with van der Waals surface area (Å²) in [6.07, 6.45) is 5.70. The van der Waals surface area contributed by atoms with Crippen molar-refractivity contribution in [3.63, 3.8) is 0 Å². The van der Waals surface area contributed by atoms with E-state index in [4.69, 9.17) is 0 Å². The topological polar surface area (TPSA) is 15.3 Å². The van der Waals surface area contributed by atoms with Crippen LogP contribution in [0.25, 0.3) is 0 Å². The van der Waals surface area contributed by atoms with Crippen LogP contribution >= 0.6 is 0 Å². The van der Waals surface area contributed by atoms with Crippen LogP contribution in [-0.4, -0.2) is 37.1 Å². The standard InChI is InChI=1S/C16H32N2/c1-13-9-17-10-14(2)12-18(11-13)15-7-5-6-8-16(15,3)4/h13-15,17H,5-12H2,1-4H3. The second kappa shape index (κ2) is 5.92. The fraction of sp³-hybridized carbons (Fsp3) is 1.00. The normalized spacial score (nSPS) is 39.0. The molecule has 0 aromatic carbocycles. The molecule has 1 aliphatic carbocycles. The first kappa shape index (κ1) is 14.3. The highest BCUT2D eigenvalue weighted by molar-refractivity contribution is 4.91. The van der Waals surface area contributed by atoms with Gasteiger partial charge in [-0.2, -0.15) is 0 Å². The monoisotopic (exact) mass is 252 g/mol. The van der Waals surface area contributed by atoms with Crippen LogP contribution in [-0.2, 0) is 0 Å². The van der Waals surface area contributed by atoms with E-state index in [1.165, 1.54) is 51.9 Å². The van der Waals surface area contributed by atoms with Crippen LogP contribution in [0.5, 0.6) is 0 Å². The maximum absolute atomic E-state index is 3.60. The van der Waals surface area contributed by atoms with Crippen molar-refractivity contribution in [1.82, 2.24) is 10.2 Å². The van der Waals surface area contributed by atoms with E-state index in [0.29, 0.717) is 5.41 Å². The van der Waals surface area contributed by atoms with Crippen LogP contribution in [0.2, 0.25) is 0 Å². The highest BCUT2D eigenvalue weighted by Crippen LogP contribution is 2.39. The van der Waals surface area contributed by atoms with Crippen molar-refractivity contribution in [2.45, 2.75) is 59.4 Å². The van der Waals surface area contributed by atoms with Crippen molar-refractivity contribution in [3.8, 4) is 0 Å². The third kappa shape index (κ3) is 3.48. The van der Waals surface area contributed by atoms with Crippen LogP contribution in [0.3, 0.4) is 0 Å². The van der Waals surface area contributed by atoms with E-state index in [2.05, 4.69) is 37.9 Å². The lowest BCUT2D eigenvalue weighted by molar-refractivity contribution is 0.0253. The average molecular weight is 252 g/mol. The SMILES string of the molecule is CC1CNCC(C)CN(C2CCCCC2(C)C)C1. The van der Waals surface area contributed by atoms with Gasteiger partial charge in [-0.15, -0.1) is 0 Å². The molecule has 0 spiro atoms. The van der Waals surface area contributed by atoms with Gasteiger partial charge in [0, 0.05) is 19.1 Å². The Kier molecular flexibility index (Phi) is 4.71. The summed E-state index contributed by atoms with van der Waals surface area (Å²) < 4.78 is 0. The number of rotatable bonds is 1. The summed E-state index contributed by atoms with van der Waals surface area (Å²) in [5.74, 6) is 1.57. The van der Waals surface area contributed by atoms with E-state index in [9.17, 15) is 0 Å². The summed E-state index contributed by atoms with van der Waals surface area (Å²) in [4.78, 5) is 2.83. The molecule has 1 aliphatic heterocycles. The predicted molar refractivity (Wildman–Crippen MR) is 78.8 cm³/mol. The first-order valence-electron chi connectivity index (χ1n) is 7.94. The second-order valence-corrected chi connectivity index (χ2v) is 7.57. The molecule has 3 atom stereocenters. The molecule has 18 heavy (non-hydrogen) atoms. The highest BCUT2D eigenvalue weighted by Gasteiger charge is 2.37. The van der Waals surface area contributed by atoms with Crippen LogP contribution in [0, 0.1) is 17.3 Å². The van der Waals surface area contributed by atoms with Crippen LogP contribution in [0.1, 0.15) is 53.4 Å². The van der Waals surface area contributed by atoms with Gasteiger partial charge in [0.25, 0.3) is 0 Å². The van der Waals surface area contributed by atoms with E-state index in [0.717, 1.165) is 17.9 Å². The zero-order chi connectivity index (χ0) is 13.2. The van der Waals surface area contributed by atoms with E-state index >= 15 is 0 Å². The van der Waals surface area contributed by atoms with Gasteiger partial charge in [-0.05, 0) is 43.2 Å². The molecule has 0 amide bonds. The molecule has 3 unspecified atom stereocenters. The fourth-order valence-corrected chi connectivity index (χ4v) is 3.99. The van der Waals surface area contributed by atoms with E-state index in [-0.39, 0.29) is 0 Å². The third-order valence-corrected chi connectivity index (χ3v) is 4.97. The van der Waals surface area contributed by atoms with Crippen molar-refractivity contribution in [2.75, 3.05) is 26.2 Å². The molecule has 0 radical (unpaired) electrons. The molecule has 106 valence electrons. The molecule has 2 rings (SSSR count). The zero-order valence-electron chi connectivity index (χ0n) is 12.8. The predicted octanol–water partition coefficient (Wildman–Crippen LogP) is 3.13. The third-order valence-electron chi connectivity index (χ3n) is 4.97. The molecule has 2 heteroatoms. The Hall–Kier alpha value is -0.0800. The lowest BCUT2D eigenvalue weighted by atomic mass is 9.72. The number of hydrogen-bond acceptors (Lipinski definition) is 2. The number of hydrogen-bond donors (Lipinski definition) is 1. The smallest absolute Gasteiger partial charge is 0.0147 e. The Labute approximate surface area is 114 Å². The minimum Gasteiger partial charge on any atom is -0.316 e. The molecule has 1 heterocycles. The van der Waals surface area contributed by atoms with Gasteiger partial charge >= 0.3 is 0 Å². The molecule has 2 fully saturated rings. The molecule has 2 aliphatic rings. The summed E-state index contributed by atoms with van der Waals surface area (Å²) in [5, 5.41) is 3.60. The summed E-state index contributed by atoms with van der Waals surface area (Å²) >= 11 is 0. The Morgan fingerprint density at radius 3 is 2.17 bits per heavy atom. The van der Waals surface area contributed by atoms with Crippen molar-refractivity contribution in [1.29, 1.82) is 0 Å². The van der Waals surface area contributed by atoms with Crippen molar-refractivity contribution in [2.24, 2.45) is 17.3 Å². The molecule has 0 bridgehead atoms. The second-order valence-electron chi connectivity index (χ2n) is 7.57. The minimum atomic E-state index is 0.518. The van der Waals surface area contributed by atoms with Crippen molar-refractivity contribution < 1.29 is 0 Å². The summed E-state index contributed by atoms with van der Waals surface area (Å²) in [6.45, 7) is 14.7. The van der Waals surface area contributed by atoms with Crippen molar-refractivity contribution >= 4 is 0 Å². The van der Waals surface area contributed by atoms with Gasteiger partial charge < -0.3 is 5.32 Å². The Balaban J connectivity index is 2.07. The lowest BCUT2D eigenvalue weighted by Gasteiger charge is -2.47. The van der Waals surface area contributed by atoms with Crippen LogP contribution < -0.4 is 5.32 Å². The minimum absolute atomic E-state index is 0.518. The molecule has 1 saturated carbocycles.